The van der Waals surface area contributed by atoms with Crippen LogP contribution in [0.2, 0.25) is 0 Å². The van der Waals surface area contributed by atoms with E-state index in [1.54, 1.807) is 0 Å². The molecule has 2 heteroatoms. The predicted octanol–water partition coefficient (Wildman–Crippen LogP) is 3.96. The molecule has 82 valence electrons. The van der Waals surface area contributed by atoms with Gasteiger partial charge >= 0.3 is 83.6 Å². The van der Waals surface area contributed by atoms with Crippen molar-refractivity contribution in [2.45, 2.75) is 47.6 Å². The van der Waals surface area contributed by atoms with E-state index in [1.807, 2.05) is 0 Å². The second-order valence-corrected chi connectivity index (χ2v) is 10.7. The molecule has 0 spiro atoms. The molecule has 0 aliphatic carbocycles. The van der Waals surface area contributed by atoms with Crippen molar-refractivity contribution in [3.63, 3.8) is 0 Å². The zero-order valence-electron chi connectivity index (χ0n) is 10.3. The Morgan fingerprint density at radius 1 is 0.846 bits per heavy atom. The summed E-state index contributed by atoms with van der Waals surface area (Å²) >= 11 is 0. The van der Waals surface area contributed by atoms with Crippen molar-refractivity contribution in [2.75, 3.05) is 24.6 Å². The molecule has 1 nitrogen and oxygen atoms in total. The minimum absolute atomic E-state index is 0.387. The fraction of sp³-hybridized carbons (Fsp3) is 1.00. The van der Waals surface area contributed by atoms with Crippen molar-refractivity contribution in [1.82, 2.24) is 0 Å². The van der Waals surface area contributed by atoms with Crippen LogP contribution >= 0.6 is 6.83 Å². The molecule has 0 saturated heterocycles. The molecule has 0 amide bonds. The predicted molar refractivity (Wildman–Crippen MR) is 65.3 cm³/mol. The van der Waals surface area contributed by atoms with Crippen molar-refractivity contribution >= 4 is 6.83 Å². The standard InChI is InChI=1S/C11H27OP/c1-7-13(8-2,9-3,10-4)12-11(5)6/h11H,7-10H2,1-6H3. The average Bonchev–Trinajstić information content (AvgIpc) is 2.15. The summed E-state index contributed by atoms with van der Waals surface area (Å²) in [5, 5.41) is 0. The van der Waals surface area contributed by atoms with E-state index in [9.17, 15) is 0 Å². The Hall–Kier alpha value is 0.390. The molecule has 0 aromatic rings. The third-order valence-electron chi connectivity index (χ3n) is 3.71. The van der Waals surface area contributed by atoms with Gasteiger partial charge in [0.05, 0.1) is 0 Å². The monoisotopic (exact) mass is 206 g/mol. The SMILES string of the molecule is CCP(CC)(CC)(CC)OC(C)C. The summed E-state index contributed by atoms with van der Waals surface area (Å²) in [5.74, 6) is 0. The van der Waals surface area contributed by atoms with Crippen LogP contribution in [0.1, 0.15) is 41.5 Å². The molecule has 0 aromatic carbocycles. The Morgan fingerprint density at radius 2 is 1.15 bits per heavy atom. The topological polar surface area (TPSA) is 9.23 Å². The Balaban J connectivity index is 4.83. The zero-order chi connectivity index (χ0) is 10.6. The molecule has 0 aliphatic rings. The Kier molecular flexibility index (Phi) is 4.90. The maximum absolute atomic E-state index is 6.35. The first-order valence-electron chi connectivity index (χ1n) is 5.67. The van der Waals surface area contributed by atoms with E-state index < -0.39 is 6.83 Å². The molecular weight excluding hydrogens is 179 g/mol. The Bertz CT molecular complexity index is 127. The number of hydrogen-bond donors (Lipinski definition) is 0. The van der Waals surface area contributed by atoms with Gasteiger partial charge in [-0.15, -0.1) is 0 Å². The molecule has 0 aromatic heterocycles. The van der Waals surface area contributed by atoms with Gasteiger partial charge in [0, 0.05) is 0 Å². The average molecular weight is 206 g/mol. The van der Waals surface area contributed by atoms with E-state index in [0.717, 1.165) is 0 Å². The van der Waals surface area contributed by atoms with Gasteiger partial charge in [-0.1, -0.05) is 0 Å². The van der Waals surface area contributed by atoms with Crippen molar-refractivity contribution < 1.29 is 4.52 Å². The molecule has 0 bridgehead atoms. The first-order chi connectivity index (χ1) is 5.97. The molecule has 0 unspecified atom stereocenters. The van der Waals surface area contributed by atoms with E-state index in [2.05, 4.69) is 41.5 Å². The van der Waals surface area contributed by atoms with Gasteiger partial charge in [0.2, 0.25) is 0 Å². The summed E-state index contributed by atoms with van der Waals surface area (Å²) in [4.78, 5) is 0. The third kappa shape index (κ3) is 2.67. The van der Waals surface area contributed by atoms with Crippen molar-refractivity contribution in [3.8, 4) is 0 Å². The summed E-state index contributed by atoms with van der Waals surface area (Å²) in [6, 6.07) is 0. The summed E-state index contributed by atoms with van der Waals surface area (Å²) in [6.45, 7) is 11.8. The van der Waals surface area contributed by atoms with Gasteiger partial charge in [0.25, 0.3) is 0 Å². The van der Waals surface area contributed by atoms with Crippen LogP contribution in [-0.4, -0.2) is 30.8 Å². The molecule has 0 aliphatic heterocycles. The fourth-order valence-corrected chi connectivity index (χ4v) is 6.71. The minimum atomic E-state index is -1.77. The van der Waals surface area contributed by atoms with E-state index in [-0.39, 0.29) is 0 Å². The van der Waals surface area contributed by atoms with Gasteiger partial charge in [-0.3, -0.25) is 0 Å². The van der Waals surface area contributed by atoms with Crippen LogP contribution in [0.4, 0.5) is 0 Å². The van der Waals surface area contributed by atoms with Gasteiger partial charge in [0.1, 0.15) is 0 Å². The van der Waals surface area contributed by atoms with E-state index in [1.165, 1.54) is 24.6 Å². The molecule has 0 saturated carbocycles. The van der Waals surface area contributed by atoms with Crippen molar-refractivity contribution in [3.05, 3.63) is 0 Å². The van der Waals surface area contributed by atoms with E-state index in [0.29, 0.717) is 6.10 Å². The quantitative estimate of drug-likeness (QED) is 0.598. The molecule has 13 heavy (non-hydrogen) atoms. The summed E-state index contributed by atoms with van der Waals surface area (Å²) in [7, 11) is 0. The van der Waals surface area contributed by atoms with Gasteiger partial charge in [0.15, 0.2) is 0 Å². The number of hydrogen-bond acceptors (Lipinski definition) is 1. The van der Waals surface area contributed by atoms with Gasteiger partial charge in [-0.05, 0) is 0 Å². The van der Waals surface area contributed by atoms with Crippen LogP contribution in [0.3, 0.4) is 0 Å². The normalized spacial score (nSPS) is 15.8. The maximum atomic E-state index is 6.35. The first-order valence-corrected chi connectivity index (χ1v) is 8.56. The summed E-state index contributed by atoms with van der Waals surface area (Å²) < 4.78 is 6.35. The first kappa shape index (κ1) is 13.4. The van der Waals surface area contributed by atoms with Crippen LogP contribution in [0.15, 0.2) is 0 Å². The van der Waals surface area contributed by atoms with E-state index >= 15 is 0 Å². The van der Waals surface area contributed by atoms with Crippen LogP contribution in [0.25, 0.3) is 0 Å². The molecule has 0 rings (SSSR count). The van der Waals surface area contributed by atoms with Crippen molar-refractivity contribution in [1.29, 1.82) is 0 Å². The van der Waals surface area contributed by atoms with E-state index in [4.69, 9.17) is 4.52 Å². The molecule has 0 fully saturated rings. The fourth-order valence-electron chi connectivity index (χ4n) is 2.24. The summed E-state index contributed by atoms with van der Waals surface area (Å²) in [6.07, 6.45) is 5.36. The molecule has 0 heterocycles. The molecule has 0 atom stereocenters. The second kappa shape index (κ2) is 4.75. The van der Waals surface area contributed by atoms with Gasteiger partial charge < -0.3 is 0 Å². The van der Waals surface area contributed by atoms with Crippen LogP contribution in [-0.2, 0) is 4.52 Å². The van der Waals surface area contributed by atoms with Gasteiger partial charge in [-0.25, -0.2) is 0 Å². The van der Waals surface area contributed by atoms with Crippen LogP contribution < -0.4 is 0 Å². The number of rotatable bonds is 6. The van der Waals surface area contributed by atoms with Crippen molar-refractivity contribution in [2.24, 2.45) is 0 Å². The Labute approximate surface area is 84.3 Å². The van der Waals surface area contributed by atoms with Crippen LogP contribution in [0, 0.1) is 0 Å². The molecule has 0 N–H and O–H groups in total. The third-order valence-corrected chi connectivity index (χ3v) is 11.1. The van der Waals surface area contributed by atoms with Gasteiger partial charge in [-0.2, -0.15) is 0 Å². The Morgan fingerprint density at radius 3 is 1.23 bits per heavy atom. The molecular formula is C11H27OP. The zero-order valence-corrected chi connectivity index (χ0v) is 11.2. The summed E-state index contributed by atoms with van der Waals surface area (Å²) in [5.41, 5.74) is 0. The molecule has 0 radical (unpaired) electrons. The second-order valence-electron chi connectivity index (χ2n) is 4.28. The van der Waals surface area contributed by atoms with Crippen LogP contribution in [0.5, 0.6) is 0 Å².